The predicted molar refractivity (Wildman–Crippen MR) is 209 cm³/mol. The first-order valence-electron chi connectivity index (χ1n) is 19.4. The first-order chi connectivity index (χ1) is 27.1. The number of nitrogens with one attached hydrogen (secondary N) is 3. The van der Waals surface area contributed by atoms with Crippen molar-refractivity contribution in [3.05, 3.63) is 47.4 Å². The third-order valence-electron chi connectivity index (χ3n) is 11.1. The van der Waals surface area contributed by atoms with Crippen LogP contribution in [0.1, 0.15) is 89.5 Å². The second-order valence-corrected chi connectivity index (χ2v) is 15.8. The van der Waals surface area contributed by atoms with E-state index >= 15 is 0 Å². The molecule has 15 heteroatoms. The monoisotopic (exact) mass is 782 g/mol. The molecule has 4 aliphatic rings. The maximum Gasteiger partial charge on any atom is 0.408 e. The van der Waals surface area contributed by atoms with Crippen molar-refractivity contribution in [1.29, 1.82) is 0 Å². The molecule has 0 spiro atoms. The standard InChI is InChI=1S/C41H46N6O8S/c1-3-24-13-12-17-28-33(20-30(42-35(24)28)31-23-56-39(43-31)45-34(48)4-2)54-27-19-32-36(49)46-41(38(51)52)21-25(41)14-8-6-5-7-9-18-29(37(50)47(32)22-27)44-40(53)55-26-15-10-11-16-26/h1,8,12-14,17,20,23,25-27,29,32H,4-7,9-11,15-16,18-19,21-22H2,2H3,(H,44,53)(H,46,49)(H,51,52)(H,43,45,48)/b14-8-/t25-,27+,29-,32-,41+/m0/s1. The first-order valence-corrected chi connectivity index (χ1v) is 20.3. The Morgan fingerprint density at radius 3 is 2.66 bits per heavy atom. The number of anilines is 1. The lowest BCUT2D eigenvalue weighted by Crippen LogP contribution is -2.56. The van der Waals surface area contributed by atoms with Crippen molar-refractivity contribution < 1.29 is 38.6 Å². The molecule has 0 bridgehead atoms. The number of benzene rings is 1. The number of nitrogens with zero attached hydrogens (tertiary/aromatic N) is 3. The summed E-state index contributed by atoms with van der Waals surface area (Å²) in [6, 6.07) is 5.01. The van der Waals surface area contributed by atoms with Crippen molar-refractivity contribution in [2.45, 2.75) is 114 Å². The molecule has 0 radical (unpaired) electrons. The van der Waals surface area contributed by atoms with Crippen molar-refractivity contribution in [1.82, 2.24) is 25.5 Å². The molecule has 0 unspecified atom stereocenters. The molecule has 1 aromatic carbocycles. The smallest absolute Gasteiger partial charge is 0.408 e. The highest BCUT2D eigenvalue weighted by Gasteiger charge is 2.61. The Labute approximate surface area is 328 Å². The lowest BCUT2D eigenvalue weighted by atomic mass is 10.0. The molecule has 3 aromatic rings. The minimum atomic E-state index is -1.48. The number of terminal acetylenes is 1. The van der Waals surface area contributed by atoms with Gasteiger partial charge in [0.2, 0.25) is 17.7 Å². The summed E-state index contributed by atoms with van der Waals surface area (Å²) in [4.78, 5) is 77.3. The summed E-state index contributed by atoms with van der Waals surface area (Å²) in [6.07, 6.45) is 15.5. The molecule has 294 valence electrons. The van der Waals surface area contributed by atoms with E-state index in [1.807, 2.05) is 18.2 Å². The largest absolute Gasteiger partial charge is 0.488 e. The zero-order chi connectivity index (χ0) is 39.4. The number of allylic oxidation sites excluding steroid dienone is 1. The number of fused-ring (bicyclic) bond motifs is 3. The van der Waals surface area contributed by atoms with Crippen LogP contribution in [0, 0.1) is 18.3 Å². The minimum absolute atomic E-state index is 0.0198. The van der Waals surface area contributed by atoms with Crippen LogP contribution in [0.2, 0.25) is 0 Å². The van der Waals surface area contributed by atoms with Gasteiger partial charge in [-0.1, -0.05) is 43.9 Å². The van der Waals surface area contributed by atoms with Gasteiger partial charge < -0.3 is 35.4 Å². The molecule has 3 fully saturated rings. The lowest BCUT2D eigenvalue weighted by Gasteiger charge is -2.29. The van der Waals surface area contributed by atoms with Crippen LogP contribution in [-0.2, 0) is 23.9 Å². The number of aliphatic carboxylic acids is 1. The molecule has 2 aromatic heterocycles. The summed E-state index contributed by atoms with van der Waals surface area (Å²) in [5.74, 6) is 0.300. The van der Waals surface area contributed by atoms with Crippen molar-refractivity contribution in [3.63, 3.8) is 0 Å². The SMILES string of the molecule is C#Cc1cccc2c(O[C@@H]3C[C@H]4C(=O)N[C@]5(C(=O)O)C[C@@H]5/C=C\CCCCC[C@H](NC(=O)OC5CCCC5)C(=O)N4C3)cc(-c3csc(NC(=O)CC)n3)nc12. The number of carbonyl (C=O) groups is 5. The number of pyridine rings is 1. The van der Waals surface area contributed by atoms with Crippen LogP contribution in [-0.4, -0.2) is 86.1 Å². The van der Waals surface area contributed by atoms with Gasteiger partial charge >= 0.3 is 12.1 Å². The van der Waals surface area contributed by atoms with Crippen molar-refractivity contribution in [2.24, 2.45) is 5.92 Å². The third-order valence-corrected chi connectivity index (χ3v) is 11.8. The molecule has 4 heterocycles. The minimum Gasteiger partial charge on any atom is -0.488 e. The zero-order valence-electron chi connectivity index (χ0n) is 31.3. The van der Waals surface area contributed by atoms with Gasteiger partial charge in [-0.3, -0.25) is 14.4 Å². The van der Waals surface area contributed by atoms with Gasteiger partial charge in [-0.15, -0.1) is 17.8 Å². The molecule has 14 nitrogen and oxygen atoms in total. The summed E-state index contributed by atoms with van der Waals surface area (Å²) in [7, 11) is 0. The Balaban J connectivity index is 1.21. The van der Waals surface area contributed by atoms with Crippen LogP contribution in [0.15, 0.2) is 41.8 Å². The summed E-state index contributed by atoms with van der Waals surface area (Å²) in [6.45, 7) is 1.73. The van der Waals surface area contributed by atoms with Gasteiger partial charge in [-0.05, 0) is 63.5 Å². The average Bonchev–Trinajstić information content (AvgIpc) is 3.62. The van der Waals surface area contributed by atoms with E-state index in [-0.39, 0.29) is 37.3 Å². The molecule has 5 atom stereocenters. The van der Waals surface area contributed by atoms with E-state index in [4.69, 9.17) is 20.9 Å². The van der Waals surface area contributed by atoms with Gasteiger partial charge in [0.1, 0.15) is 41.3 Å². The van der Waals surface area contributed by atoms with Gasteiger partial charge in [0.05, 0.1) is 23.3 Å². The van der Waals surface area contributed by atoms with E-state index < -0.39 is 47.6 Å². The van der Waals surface area contributed by atoms with Gasteiger partial charge in [0.25, 0.3) is 0 Å². The summed E-state index contributed by atoms with van der Waals surface area (Å²) in [5.41, 5.74) is 0.445. The van der Waals surface area contributed by atoms with Crippen LogP contribution in [0.4, 0.5) is 9.93 Å². The zero-order valence-corrected chi connectivity index (χ0v) is 32.1. The van der Waals surface area contributed by atoms with E-state index in [1.54, 1.807) is 30.5 Å². The van der Waals surface area contributed by atoms with Gasteiger partial charge in [-0.2, -0.15) is 0 Å². The molecule has 4 amide bonds. The third kappa shape index (κ3) is 8.35. The number of alkyl carbamates (subject to hydrolysis) is 1. The lowest BCUT2D eigenvalue weighted by molar-refractivity contribution is -0.145. The average molecular weight is 783 g/mol. The highest BCUT2D eigenvalue weighted by atomic mass is 32.1. The highest BCUT2D eigenvalue weighted by Crippen LogP contribution is 2.45. The fourth-order valence-corrected chi connectivity index (χ4v) is 8.60. The van der Waals surface area contributed by atoms with Crippen molar-refractivity contribution in [2.75, 3.05) is 11.9 Å². The Kier molecular flexibility index (Phi) is 11.6. The number of carboxylic acid groups (broad SMARTS) is 1. The second kappa shape index (κ2) is 16.7. The van der Waals surface area contributed by atoms with Crippen LogP contribution in [0.3, 0.4) is 0 Å². The Morgan fingerprint density at radius 2 is 1.89 bits per heavy atom. The number of thiazole rings is 1. The molecular weight excluding hydrogens is 737 g/mol. The number of carboxylic acids is 1. The number of para-hydroxylation sites is 1. The van der Waals surface area contributed by atoms with Crippen molar-refractivity contribution in [3.8, 4) is 29.5 Å². The second-order valence-electron chi connectivity index (χ2n) is 14.9. The Hall–Kier alpha value is -5.49. The van der Waals surface area contributed by atoms with Crippen LogP contribution in [0.5, 0.6) is 5.75 Å². The van der Waals surface area contributed by atoms with Crippen molar-refractivity contribution >= 4 is 57.2 Å². The molecule has 2 saturated carbocycles. The number of carbonyl (C=O) groups excluding carboxylic acids is 4. The molecule has 56 heavy (non-hydrogen) atoms. The summed E-state index contributed by atoms with van der Waals surface area (Å²) >= 11 is 1.25. The molecule has 2 aliphatic carbocycles. The Bertz CT molecular complexity index is 2090. The van der Waals surface area contributed by atoms with E-state index in [0.717, 1.165) is 44.9 Å². The van der Waals surface area contributed by atoms with Gasteiger partial charge in [0.15, 0.2) is 5.13 Å². The fourth-order valence-electron chi connectivity index (χ4n) is 7.88. The molecule has 7 rings (SSSR count). The quantitative estimate of drug-likeness (QED) is 0.167. The number of hydrogen-bond donors (Lipinski definition) is 4. The molecule has 4 N–H and O–H groups in total. The Morgan fingerprint density at radius 1 is 1.09 bits per heavy atom. The predicted octanol–water partition coefficient (Wildman–Crippen LogP) is 5.55. The normalized spacial score (nSPS) is 26.1. The maximum absolute atomic E-state index is 14.5. The van der Waals surface area contributed by atoms with E-state index in [9.17, 15) is 29.1 Å². The number of amides is 4. The topological polar surface area (TPSA) is 189 Å². The fraction of sp³-hybridized carbons (Fsp3) is 0.488. The molecule has 2 aliphatic heterocycles. The molecular formula is C41H46N6O8S. The number of hydrogen-bond acceptors (Lipinski definition) is 10. The highest BCUT2D eigenvalue weighted by molar-refractivity contribution is 7.14. The van der Waals surface area contributed by atoms with Crippen LogP contribution >= 0.6 is 11.3 Å². The molecule has 1 saturated heterocycles. The van der Waals surface area contributed by atoms with E-state index in [2.05, 4.69) is 26.9 Å². The number of rotatable bonds is 8. The van der Waals surface area contributed by atoms with Gasteiger partial charge in [-0.25, -0.2) is 19.6 Å². The van der Waals surface area contributed by atoms with Gasteiger partial charge in [0, 0.05) is 35.6 Å². The van der Waals surface area contributed by atoms with E-state index in [0.29, 0.717) is 58.0 Å². The summed E-state index contributed by atoms with van der Waals surface area (Å²) in [5, 5.41) is 21.4. The first kappa shape index (κ1) is 38.8. The van der Waals surface area contributed by atoms with E-state index in [1.165, 1.54) is 16.2 Å². The van der Waals surface area contributed by atoms with Crippen LogP contribution in [0.25, 0.3) is 22.3 Å². The summed E-state index contributed by atoms with van der Waals surface area (Å²) < 4.78 is 12.3. The van der Waals surface area contributed by atoms with Crippen LogP contribution < -0.4 is 20.7 Å². The number of aromatic nitrogens is 2. The number of ether oxygens (including phenoxy) is 2. The maximum atomic E-state index is 14.5.